The Hall–Kier alpha value is -1.90. The highest BCUT2D eigenvalue weighted by Crippen LogP contribution is 2.23. The van der Waals surface area contributed by atoms with Gasteiger partial charge in [-0.2, -0.15) is 0 Å². The predicted octanol–water partition coefficient (Wildman–Crippen LogP) is 3.29. The van der Waals surface area contributed by atoms with Crippen LogP contribution in [0.1, 0.15) is 19.4 Å². The van der Waals surface area contributed by atoms with Crippen LogP contribution in [0.3, 0.4) is 0 Å². The summed E-state index contributed by atoms with van der Waals surface area (Å²) in [5.74, 6) is -0.616. The summed E-state index contributed by atoms with van der Waals surface area (Å²) >= 11 is 13.0. The van der Waals surface area contributed by atoms with E-state index < -0.39 is 24.0 Å². The van der Waals surface area contributed by atoms with Crippen LogP contribution in [0, 0.1) is 0 Å². The molecule has 0 saturated heterocycles. The molecule has 0 fully saturated rings. The Morgan fingerprint density at radius 3 is 2.64 bits per heavy atom. The number of rotatable bonds is 8. The van der Waals surface area contributed by atoms with Crippen molar-refractivity contribution < 1.29 is 23.9 Å². The van der Waals surface area contributed by atoms with Crippen molar-refractivity contribution in [1.29, 1.82) is 0 Å². The van der Waals surface area contributed by atoms with Gasteiger partial charge in [-0.25, -0.2) is 9.59 Å². The van der Waals surface area contributed by atoms with Crippen molar-refractivity contribution in [3.63, 3.8) is 0 Å². The summed E-state index contributed by atoms with van der Waals surface area (Å²) < 4.78 is 10.2. The second-order valence-corrected chi connectivity index (χ2v) is 7.63. The summed E-state index contributed by atoms with van der Waals surface area (Å²) in [4.78, 5) is 35.8. The molecule has 152 valence electrons. The summed E-state index contributed by atoms with van der Waals surface area (Å²) in [6.45, 7) is 3.70. The lowest BCUT2D eigenvalue weighted by Gasteiger charge is -2.26. The molecular formula is C18H20Cl2N2O5S. The van der Waals surface area contributed by atoms with Crippen LogP contribution in [0.2, 0.25) is 10.0 Å². The van der Waals surface area contributed by atoms with Crippen molar-refractivity contribution in [1.82, 2.24) is 10.6 Å². The van der Waals surface area contributed by atoms with E-state index in [0.717, 1.165) is 5.56 Å². The van der Waals surface area contributed by atoms with Gasteiger partial charge in [-0.1, -0.05) is 29.3 Å². The Morgan fingerprint density at radius 1 is 1.21 bits per heavy atom. The molecule has 2 rings (SSSR count). The second-order valence-electron chi connectivity index (χ2n) is 5.83. The van der Waals surface area contributed by atoms with Crippen molar-refractivity contribution in [2.45, 2.75) is 26.5 Å². The van der Waals surface area contributed by atoms with Crippen LogP contribution in [-0.4, -0.2) is 42.1 Å². The van der Waals surface area contributed by atoms with Gasteiger partial charge in [-0.05, 0) is 31.5 Å². The third kappa shape index (κ3) is 6.32. The number of carbonyl (C=O) groups is 3. The van der Waals surface area contributed by atoms with Crippen molar-refractivity contribution >= 4 is 52.9 Å². The van der Waals surface area contributed by atoms with Gasteiger partial charge in [0.2, 0.25) is 0 Å². The summed E-state index contributed by atoms with van der Waals surface area (Å²) in [6, 6.07) is 4.10. The number of nitrogens with one attached hydrogen (secondary N) is 2. The van der Waals surface area contributed by atoms with Crippen LogP contribution in [-0.2, 0) is 25.7 Å². The third-order valence-electron chi connectivity index (χ3n) is 3.72. The first-order chi connectivity index (χ1) is 13.3. The van der Waals surface area contributed by atoms with Gasteiger partial charge < -0.3 is 20.1 Å². The molecule has 1 aromatic carbocycles. The van der Waals surface area contributed by atoms with E-state index in [1.165, 1.54) is 11.8 Å². The molecule has 1 aliphatic rings. The molecule has 1 heterocycles. The maximum absolute atomic E-state index is 12.1. The molecule has 0 unspecified atom stereocenters. The fourth-order valence-electron chi connectivity index (χ4n) is 2.46. The highest BCUT2D eigenvalue weighted by atomic mass is 35.5. The summed E-state index contributed by atoms with van der Waals surface area (Å²) in [5.41, 5.74) is 1.50. The molecule has 0 saturated carbocycles. The lowest BCUT2D eigenvalue weighted by molar-refractivity contribution is -0.141. The smallest absolute Gasteiger partial charge is 0.337 e. The lowest BCUT2D eigenvalue weighted by atomic mass is 10.1. The Labute approximate surface area is 177 Å². The fourth-order valence-corrected chi connectivity index (χ4v) is 3.57. The Morgan fingerprint density at radius 2 is 1.96 bits per heavy atom. The number of ether oxygens (including phenoxy) is 2. The minimum Gasteiger partial charge on any atom is -0.463 e. The van der Waals surface area contributed by atoms with Gasteiger partial charge >= 0.3 is 18.0 Å². The fraction of sp³-hybridized carbons (Fsp3) is 0.389. The van der Waals surface area contributed by atoms with E-state index in [-0.39, 0.29) is 24.7 Å². The Balaban J connectivity index is 1.89. The molecule has 0 bridgehead atoms. The van der Waals surface area contributed by atoms with E-state index in [1.807, 2.05) is 0 Å². The first kappa shape index (κ1) is 22.4. The van der Waals surface area contributed by atoms with E-state index in [9.17, 15) is 14.4 Å². The highest BCUT2D eigenvalue weighted by Gasteiger charge is 2.29. The number of carbonyl (C=O) groups excluding carboxylic acids is 3. The minimum atomic E-state index is -0.500. The van der Waals surface area contributed by atoms with Gasteiger partial charge in [0, 0.05) is 11.4 Å². The molecule has 0 aromatic heterocycles. The number of amides is 2. The first-order valence-corrected chi connectivity index (χ1v) is 10.4. The molecule has 2 amide bonds. The first-order valence-electron chi connectivity index (χ1n) is 8.46. The van der Waals surface area contributed by atoms with Crippen LogP contribution < -0.4 is 10.6 Å². The standard InChI is InChI=1S/C18H20Cl2N2O5S/c1-3-26-17(24)16-10(2)21-18(25)22-14(16)8-28-9-15(23)27-7-11-4-5-12(19)13(20)6-11/h4-6,10H,3,7-9H2,1-2H3,(H2,21,22,25)/t10-/m0/s1. The second kappa shape index (κ2) is 10.6. The largest absolute Gasteiger partial charge is 0.463 e. The lowest BCUT2D eigenvalue weighted by Crippen LogP contribution is -2.49. The molecule has 0 aliphatic carbocycles. The number of halogens is 2. The molecule has 28 heavy (non-hydrogen) atoms. The van der Waals surface area contributed by atoms with Crippen molar-refractivity contribution in [3.05, 3.63) is 45.1 Å². The monoisotopic (exact) mass is 446 g/mol. The van der Waals surface area contributed by atoms with E-state index in [2.05, 4.69) is 10.6 Å². The minimum absolute atomic E-state index is 0.0542. The predicted molar refractivity (Wildman–Crippen MR) is 108 cm³/mol. The van der Waals surface area contributed by atoms with Crippen molar-refractivity contribution in [2.24, 2.45) is 0 Å². The van der Waals surface area contributed by atoms with Gasteiger partial charge in [0.15, 0.2) is 0 Å². The molecule has 7 nitrogen and oxygen atoms in total. The molecule has 2 N–H and O–H groups in total. The molecule has 1 atom stereocenters. The molecule has 1 aromatic rings. The van der Waals surface area contributed by atoms with E-state index in [4.69, 9.17) is 32.7 Å². The van der Waals surface area contributed by atoms with Crippen LogP contribution in [0.15, 0.2) is 29.5 Å². The van der Waals surface area contributed by atoms with Crippen molar-refractivity contribution in [2.75, 3.05) is 18.1 Å². The SMILES string of the molecule is CCOC(=O)C1=C(CSCC(=O)OCc2ccc(Cl)c(Cl)c2)NC(=O)N[C@H]1C. The number of hydrogen-bond acceptors (Lipinski definition) is 6. The number of hydrogen-bond donors (Lipinski definition) is 2. The van der Waals surface area contributed by atoms with Crippen LogP contribution in [0.4, 0.5) is 4.79 Å². The number of benzene rings is 1. The maximum atomic E-state index is 12.1. The molecule has 0 radical (unpaired) electrons. The zero-order chi connectivity index (χ0) is 20.7. The third-order valence-corrected chi connectivity index (χ3v) is 5.39. The van der Waals surface area contributed by atoms with Gasteiger partial charge in [0.05, 0.1) is 34.0 Å². The maximum Gasteiger partial charge on any atom is 0.337 e. The van der Waals surface area contributed by atoms with Crippen LogP contribution >= 0.6 is 35.0 Å². The van der Waals surface area contributed by atoms with Gasteiger partial charge in [-0.3, -0.25) is 4.79 Å². The molecule has 1 aliphatic heterocycles. The average Bonchev–Trinajstić information content (AvgIpc) is 2.62. The quantitative estimate of drug-likeness (QED) is 0.595. The van der Waals surface area contributed by atoms with Crippen molar-refractivity contribution in [3.8, 4) is 0 Å². The van der Waals surface area contributed by atoms with Crippen LogP contribution in [0.25, 0.3) is 0 Å². The average molecular weight is 447 g/mol. The number of urea groups is 1. The van der Waals surface area contributed by atoms with Gasteiger partial charge in [0.25, 0.3) is 0 Å². The highest BCUT2D eigenvalue weighted by molar-refractivity contribution is 8.00. The number of esters is 2. The molecule has 10 heteroatoms. The zero-order valence-corrected chi connectivity index (χ0v) is 17.7. The Bertz CT molecular complexity index is 800. The van der Waals surface area contributed by atoms with Crippen LogP contribution in [0.5, 0.6) is 0 Å². The van der Waals surface area contributed by atoms with Gasteiger partial charge in [0.1, 0.15) is 6.61 Å². The molecular weight excluding hydrogens is 427 g/mol. The zero-order valence-electron chi connectivity index (χ0n) is 15.3. The topological polar surface area (TPSA) is 93.7 Å². The van der Waals surface area contributed by atoms with E-state index in [0.29, 0.717) is 21.3 Å². The van der Waals surface area contributed by atoms with E-state index >= 15 is 0 Å². The molecule has 0 spiro atoms. The summed E-state index contributed by atoms with van der Waals surface area (Å²) in [7, 11) is 0. The normalized spacial score (nSPS) is 16.3. The van der Waals surface area contributed by atoms with Gasteiger partial charge in [-0.15, -0.1) is 11.8 Å². The van der Waals surface area contributed by atoms with E-state index in [1.54, 1.807) is 32.0 Å². The summed E-state index contributed by atoms with van der Waals surface area (Å²) in [5, 5.41) is 6.04. The summed E-state index contributed by atoms with van der Waals surface area (Å²) in [6.07, 6.45) is 0. The number of thioether (sulfide) groups is 1. The Kier molecular flexibility index (Phi) is 8.47.